The first-order valence-corrected chi connectivity index (χ1v) is 8.50. The number of nitrogens with zero attached hydrogens (tertiary/aromatic N) is 1. The maximum atomic E-state index is 13.9. The highest BCUT2D eigenvalue weighted by atomic mass is 19.1. The first-order valence-electron chi connectivity index (χ1n) is 8.50. The van der Waals surface area contributed by atoms with Crippen molar-refractivity contribution in [3.63, 3.8) is 0 Å². The number of hydrogen-bond donors (Lipinski definition) is 1. The van der Waals surface area contributed by atoms with Crippen LogP contribution in [0.4, 0.5) is 8.78 Å². The minimum atomic E-state index is -1.03. The summed E-state index contributed by atoms with van der Waals surface area (Å²) >= 11 is 0. The van der Waals surface area contributed by atoms with Crippen LogP contribution in [0.1, 0.15) is 40.7 Å². The zero-order valence-electron chi connectivity index (χ0n) is 14.1. The van der Waals surface area contributed by atoms with Crippen LogP contribution in [0.25, 0.3) is 0 Å². The van der Waals surface area contributed by atoms with Gasteiger partial charge in [0.05, 0.1) is 5.56 Å². The van der Waals surface area contributed by atoms with Crippen LogP contribution < -0.4 is 0 Å². The molecular formula is C20H19F2NO3. The number of aryl methyl sites for hydroxylation is 1. The molecule has 0 aromatic heterocycles. The third-order valence-corrected chi connectivity index (χ3v) is 4.52. The predicted octanol–water partition coefficient (Wildman–Crippen LogP) is 3.79. The Labute approximate surface area is 150 Å². The molecular weight excluding hydrogens is 340 g/mol. The number of amides is 1. The standard InChI is InChI=1S/C20H19F2NO3/c21-15-7-5-14(18(22)11-15)12-23(16-8-9-16)19(24)10-6-13-3-1-2-4-17(13)20(25)26/h1-5,7,11,16H,6,8-10,12H2,(H,25,26). The Balaban J connectivity index is 1.69. The van der Waals surface area contributed by atoms with Crippen molar-refractivity contribution in [3.05, 3.63) is 70.8 Å². The Hall–Kier alpha value is -2.76. The van der Waals surface area contributed by atoms with E-state index >= 15 is 0 Å². The number of benzene rings is 2. The molecule has 1 aliphatic carbocycles. The van der Waals surface area contributed by atoms with Gasteiger partial charge < -0.3 is 10.0 Å². The SMILES string of the molecule is O=C(O)c1ccccc1CCC(=O)N(Cc1ccc(F)cc1F)C1CC1. The van der Waals surface area contributed by atoms with Gasteiger partial charge in [0.2, 0.25) is 5.91 Å². The maximum absolute atomic E-state index is 13.9. The van der Waals surface area contributed by atoms with E-state index in [1.54, 1.807) is 23.1 Å². The van der Waals surface area contributed by atoms with Gasteiger partial charge in [-0.05, 0) is 37.0 Å². The molecule has 0 radical (unpaired) electrons. The third-order valence-electron chi connectivity index (χ3n) is 4.52. The molecule has 2 aromatic rings. The van der Waals surface area contributed by atoms with Crippen LogP contribution >= 0.6 is 0 Å². The highest BCUT2D eigenvalue weighted by Gasteiger charge is 2.32. The fourth-order valence-corrected chi connectivity index (χ4v) is 2.97. The quantitative estimate of drug-likeness (QED) is 0.818. The summed E-state index contributed by atoms with van der Waals surface area (Å²) in [6.07, 6.45) is 2.17. The van der Waals surface area contributed by atoms with Gasteiger partial charge in [-0.3, -0.25) is 4.79 Å². The first-order chi connectivity index (χ1) is 12.5. The van der Waals surface area contributed by atoms with Crippen molar-refractivity contribution in [1.82, 2.24) is 4.90 Å². The molecule has 136 valence electrons. The van der Waals surface area contributed by atoms with E-state index < -0.39 is 17.6 Å². The smallest absolute Gasteiger partial charge is 0.335 e. The van der Waals surface area contributed by atoms with Crippen molar-refractivity contribution in [1.29, 1.82) is 0 Å². The van der Waals surface area contributed by atoms with Crippen LogP contribution in [0.15, 0.2) is 42.5 Å². The van der Waals surface area contributed by atoms with E-state index in [2.05, 4.69) is 0 Å². The lowest BCUT2D eigenvalue weighted by Crippen LogP contribution is -2.33. The molecule has 1 N–H and O–H groups in total. The summed E-state index contributed by atoms with van der Waals surface area (Å²) in [6, 6.07) is 9.99. The van der Waals surface area contributed by atoms with Gasteiger partial charge >= 0.3 is 5.97 Å². The van der Waals surface area contributed by atoms with Gasteiger partial charge in [0.15, 0.2) is 0 Å². The van der Waals surface area contributed by atoms with Crippen LogP contribution in [-0.2, 0) is 17.8 Å². The van der Waals surface area contributed by atoms with Crippen LogP contribution in [-0.4, -0.2) is 27.9 Å². The van der Waals surface area contributed by atoms with Crippen LogP contribution in [0.5, 0.6) is 0 Å². The van der Waals surface area contributed by atoms with Crippen molar-refractivity contribution < 1.29 is 23.5 Å². The number of carboxylic acid groups (broad SMARTS) is 1. The summed E-state index contributed by atoms with van der Waals surface area (Å²) in [7, 11) is 0. The van der Waals surface area contributed by atoms with E-state index in [0.717, 1.165) is 18.9 Å². The molecule has 0 atom stereocenters. The van der Waals surface area contributed by atoms with Gasteiger partial charge in [-0.2, -0.15) is 0 Å². The van der Waals surface area contributed by atoms with Crippen molar-refractivity contribution in [2.24, 2.45) is 0 Å². The highest BCUT2D eigenvalue weighted by Crippen LogP contribution is 2.30. The Morgan fingerprint density at radius 1 is 1.08 bits per heavy atom. The van der Waals surface area contributed by atoms with E-state index in [9.17, 15) is 23.5 Å². The first kappa shape index (κ1) is 18.0. The van der Waals surface area contributed by atoms with Crippen molar-refractivity contribution in [2.75, 3.05) is 0 Å². The molecule has 0 aliphatic heterocycles. The topological polar surface area (TPSA) is 57.6 Å². The average Bonchev–Trinajstić information content (AvgIpc) is 3.44. The van der Waals surface area contributed by atoms with E-state index in [1.807, 2.05) is 0 Å². The Morgan fingerprint density at radius 2 is 1.81 bits per heavy atom. The van der Waals surface area contributed by atoms with E-state index in [0.29, 0.717) is 12.0 Å². The molecule has 0 saturated heterocycles. The number of rotatable bonds is 7. The second kappa shape index (κ2) is 7.64. The fraction of sp³-hybridized carbons (Fsp3) is 0.300. The maximum Gasteiger partial charge on any atom is 0.335 e. The van der Waals surface area contributed by atoms with Gasteiger partial charge in [-0.15, -0.1) is 0 Å². The second-order valence-corrected chi connectivity index (χ2v) is 6.45. The van der Waals surface area contributed by atoms with Crippen LogP contribution in [0.3, 0.4) is 0 Å². The molecule has 3 rings (SSSR count). The number of aromatic carboxylic acids is 1. The minimum absolute atomic E-state index is 0.0710. The normalized spacial score (nSPS) is 13.5. The summed E-state index contributed by atoms with van der Waals surface area (Å²) in [6.45, 7) is 0.0934. The molecule has 1 fully saturated rings. The molecule has 26 heavy (non-hydrogen) atoms. The van der Waals surface area contributed by atoms with E-state index in [-0.39, 0.29) is 36.0 Å². The van der Waals surface area contributed by atoms with Crippen molar-refractivity contribution >= 4 is 11.9 Å². The van der Waals surface area contributed by atoms with Crippen LogP contribution in [0, 0.1) is 11.6 Å². The Morgan fingerprint density at radius 3 is 2.46 bits per heavy atom. The molecule has 1 amide bonds. The molecule has 0 unspecified atom stereocenters. The molecule has 0 heterocycles. The van der Waals surface area contributed by atoms with E-state index in [4.69, 9.17) is 0 Å². The number of carbonyl (C=O) groups is 2. The van der Waals surface area contributed by atoms with Gasteiger partial charge in [-0.25, -0.2) is 13.6 Å². The molecule has 4 nitrogen and oxygen atoms in total. The van der Waals surface area contributed by atoms with Crippen LogP contribution in [0.2, 0.25) is 0 Å². The van der Waals surface area contributed by atoms with Crippen molar-refractivity contribution in [2.45, 2.75) is 38.3 Å². The minimum Gasteiger partial charge on any atom is -0.478 e. The zero-order valence-corrected chi connectivity index (χ0v) is 14.1. The Kier molecular flexibility index (Phi) is 5.30. The van der Waals surface area contributed by atoms with Gasteiger partial charge in [0.25, 0.3) is 0 Å². The lowest BCUT2D eigenvalue weighted by Gasteiger charge is -2.23. The Bertz CT molecular complexity index is 834. The van der Waals surface area contributed by atoms with Crippen molar-refractivity contribution in [3.8, 4) is 0 Å². The molecule has 2 aromatic carbocycles. The van der Waals surface area contributed by atoms with Gasteiger partial charge in [0, 0.05) is 30.6 Å². The van der Waals surface area contributed by atoms with E-state index in [1.165, 1.54) is 18.2 Å². The number of carbonyl (C=O) groups excluding carboxylic acids is 1. The number of carboxylic acids is 1. The number of halogens is 2. The predicted molar refractivity (Wildman–Crippen MR) is 91.7 cm³/mol. The average molecular weight is 359 g/mol. The number of hydrogen-bond acceptors (Lipinski definition) is 2. The monoisotopic (exact) mass is 359 g/mol. The summed E-state index contributed by atoms with van der Waals surface area (Å²) in [5.41, 5.74) is 1.05. The second-order valence-electron chi connectivity index (χ2n) is 6.45. The lowest BCUT2D eigenvalue weighted by atomic mass is 10.0. The highest BCUT2D eigenvalue weighted by molar-refractivity contribution is 5.89. The molecule has 6 heteroatoms. The largest absolute Gasteiger partial charge is 0.478 e. The summed E-state index contributed by atoms with van der Waals surface area (Å²) in [5, 5.41) is 9.22. The lowest BCUT2D eigenvalue weighted by molar-refractivity contribution is -0.132. The zero-order chi connectivity index (χ0) is 18.7. The summed E-state index contributed by atoms with van der Waals surface area (Å²) in [5.74, 6) is -2.50. The molecule has 1 saturated carbocycles. The van der Waals surface area contributed by atoms with Gasteiger partial charge in [-0.1, -0.05) is 24.3 Å². The third kappa shape index (κ3) is 4.25. The van der Waals surface area contributed by atoms with Gasteiger partial charge in [0.1, 0.15) is 11.6 Å². The molecule has 1 aliphatic rings. The fourth-order valence-electron chi connectivity index (χ4n) is 2.97. The summed E-state index contributed by atoms with van der Waals surface area (Å²) < 4.78 is 27.0. The molecule has 0 bridgehead atoms. The molecule has 0 spiro atoms. The summed E-state index contributed by atoms with van der Waals surface area (Å²) in [4.78, 5) is 25.5.